The van der Waals surface area contributed by atoms with Crippen molar-refractivity contribution in [1.29, 1.82) is 0 Å². The van der Waals surface area contributed by atoms with Crippen LogP contribution in [0.2, 0.25) is 0 Å². The first kappa shape index (κ1) is 104. The molecule has 7 atom stereocenters. The number of ether oxygens (including phenoxy) is 4. The van der Waals surface area contributed by atoms with E-state index in [1.165, 1.54) is 70.6 Å². The van der Waals surface area contributed by atoms with Crippen molar-refractivity contribution in [3.63, 3.8) is 0 Å². The highest BCUT2D eigenvalue weighted by Gasteiger charge is 2.28. The van der Waals surface area contributed by atoms with Crippen LogP contribution in [0, 0.1) is 0 Å². The van der Waals surface area contributed by atoms with Crippen LogP contribution in [0.3, 0.4) is 0 Å². The van der Waals surface area contributed by atoms with Gasteiger partial charge >= 0.3 is 27.6 Å². The number of Topliss-reactive ketones (excluding diaryl/α,β-unsaturated/α-hetero) is 1. The van der Waals surface area contributed by atoms with E-state index >= 15 is 0 Å². The van der Waals surface area contributed by atoms with Gasteiger partial charge in [0.1, 0.15) is 18.0 Å². The molecule has 0 aliphatic carbocycles. The van der Waals surface area contributed by atoms with Crippen LogP contribution in [0.15, 0.2) is 24.3 Å². The van der Waals surface area contributed by atoms with Crippen LogP contribution >= 0.6 is 15.6 Å². The topological polar surface area (TPSA) is 336 Å². The summed E-state index contributed by atoms with van der Waals surface area (Å²) in [6.45, 7) is 10.5. The summed E-state index contributed by atoms with van der Waals surface area (Å²) in [4.78, 5) is 113. The summed E-state index contributed by atoms with van der Waals surface area (Å²) in [7, 11) is -9.57. The highest BCUT2D eigenvalue weighted by Crippen LogP contribution is 2.44. The third-order valence-electron chi connectivity index (χ3n) is 18.5. The van der Waals surface area contributed by atoms with Crippen LogP contribution in [-0.4, -0.2) is 153 Å². The van der Waals surface area contributed by atoms with Gasteiger partial charge in [-0.1, -0.05) is 239 Å². The number of amides is 4. The second kappa shape index (κ2) is 74.5. The molecule has 4 amide bonds. The van der Waals surface area contributed by atoms with E-state index in [0.717, 1.165) is 154 Å². The number of carbonyl (C=O) groups excluding carboxylic acids is 7. The van der Waals surface area contributed by atoms with Crippen LogP contribution in [0.1, 0.15) is 363 Å². The lowest BCUT2D eigenvalue weighted by Gasteiger charge is -2.23. The van der Waals surface area contributed by atoms with E-state index in [-0.39, 0.29) is 95.8 Å². The third kappa shape index (κ3) is 71.1. The number of rotatable bonds is 81. The fourth-order valence-corrected chi connectivity index (χ4v) is 13.5. The second-order valence-corrected chi connectivity index (χ2v) is 32.0. The highest BCUT2D eigenvalue weighted by molar-refractivity contribution is 7.47. The maximum atomic E-state index is 13.7. The number of aliphatic hydroxyl groups excluding tert-OH is 1. The number of aliphatic hydroxyl groups is 1. The third-order valence-corrected chi connectivity index (χ3v) is 20.4. The van der Waals surface area contributed by atoms with Crippen LogP contribution in [0.25, 0.3) is 0 Å². The van der Waals surface area contributed by atoms with Crippen LogP contribution in [0.5, 0.6) is 0 Å². The molecule has 0 aromatic rings. The van der Waals surface area contributed by atoms with E-state index in [4.69, 9.17) is 37.0 Å². The molecule has 108 heavy (non-hydrogen) atoms. The van der Waals surface area contributed by atoms with Crippen molar-refractivity contribution in [2.24, 2.45) is 0 Å². The number of hydrogen-bond donors (Lipinski definition) is 7. The van der Waals surface area contributed by atoms with Crippen molar-refractivity contribution in [1.82, 2.24) is 21.3 Å². The summed E-state index contributed by atoms with van der Waals surface area (Å²) in [6, 6.07) is -1.93. The molecule has 0 heterocycles. The fourth-order valence-electron chi connectivity index (χ4n) is 12.0. The normalized spacial score (nSPS) is 14.2. The van der Waals surface area contributed by atoms with Gasteiger partial charge in [-0.25, -0.2) is 9.13 Å². The van der Waals surface area contributed by atoms with Gasteiger partial charge in [0.2, 0.25) is 23.6 Å². The zero-order valence-electron chi connectivity index (χ0n) is 68.3. The van der Waals surface area contributed by atoms with E-state index in [1.807, 2.05) is 0 Å². The quantitative estimate of drug-likeness (QED) is 0.00978. The number of hydrogen-bond acceptors (Lipinski definition) is 18. The maximum absolute atomic E-state index is 13.7. The zero-order valence-corrected chi connectivity index (χ0v) is 70.1. The lowest BCUT2D eigenvalue weighted by atomic mass is 10.0. The number of esters is 2. The molecule has 0 saturated heterocycles. The van der Waals surface area contributed by atoms with Crippen molar-refractivity contribution in [3.8, 4) is 0 Å². The van der Waals surface area contributed by atoms with Crippen molar-refractivity contribution in [2.45, 2.75) is 393 Å². The predicted octanol–water partition coefficient (Wildman–Crippen LogP) is 18.0. The molecule has 0 bridgehead atoms. The molecular formula is C82H154N4O20P2. The van der Waals surface area contributed by atoms with Crippen molar-refractivity contribution >= 4 is 57.0 Å². The molecule has 0 saturated carbocycles. The standard InChI is InChI=1S/C82H154N4O20P2/c1-7-13-19-25-28-31-34-40-44-50-74(88)65-79(91)85-71(68-100-62-58-75(51-45-38-23-17-11-5)105-81(93)53-47-41-35-32-29-26-20-14-8-2)69-103-107(95,96)101-63-59-83-77(89)55-56-78(90)84-60-64-102-108(97,98)104-70-72(67-99-61-57-73(87)49-43-37-22-16-10-4)86-80(92)66-76(52-46-39-24-18-12-6)106-82(94)54-48-42-36-33-30-27-21-15-9-3/h32-33,35-36,71-73,75-76,87H,7-31,34,37-70H2,1-6H3,(H,83,89)(H,84,90)(H,85,91)(H,86,92)(H,95,96)(H,97,98)/t71?,72?,73-,75-,76-/m1/s1. The summed E-state index contributed by atoms with van der Waals surface area (Å²) in [5, 5.41) is 21.1. The summed E-state index contributed by atoms with van der Waals surface area (Å²) in [6.07, 6.45) is 48.5. The minimum Gasteiger partial charge on any atom is -0.462 e. The van der Waals surface area contributed by atoms with Crippen molar-refractivity contribution in [3.05, 3.63) is 24.3 Å². The molecule has 0 spiro atoms. The molecule has 4 unspecified atom stereocenters. The van der Waals surface area contributed by atoms with Gasteiger partial charge in [0.25, 0.3) is 0 Å². The summed E-state index contributed by atoms with van der Waals surface area (Å²) >= 11 is 0. The fraction of sp³-hybridized carbons (Fsp3) is 0.866. The Kier molecular flexibility index (Phi) is 71.8. The van der Waals surface area contributed by atoms with Gasteiger partial charge < -0.3 is 55.1 Å². The lowest BCUT2D eigenvalue weighted by Crippen LogP contribution is -2.43. The number of carbonyl (C=O) groups is 7. The first-order valence-electron chi connectivity index (χ1n) is 42.6. The predicted molar refractivity (Wildman–Crippen MR) is 429 cm³/mol. The number of phosphoric ester groups is 2. The number of phosphoric acid groups is 2. The van der Waals surface area contributed by atoms with Crippen LogP contribution in [0.4, 0.5) is 0 Å². The molecule has 0 radical (unpaired) electrons. The molecule has 0 aromatic carbocycles. The molecule has 0 rings (SSSR count). The molecule has 0 fully saturated rings. The smallest absolute Gasteiger partial charge is 0.462 e. The van der Waals surface area contributed by atoms with E-state index in [2.05, 4.69) is 87.1 Å². The highest BCUT2D eigenvalue weighted by atomic mass is 31.2. The second-order valence-electron chi connectivity index (χ2n) is 29.1. The van der Waals surface area contributed by atoms with Gasteiger partial charge in [0.05, 0.1) is 77.3 Å². The van der Waals surface area contributed by atoms with E-state index < -0.39 is 96.1 Å². The Morgan fingerprint density at radius 2 is 0.713 bits per heavy atom. The average molecular weight is 1580 g/mol. The number of nitrogens with one attached hydrogen (secondary N) is 4. The molecule has 0 aliphatic rings. The molecule has 24 nitrogen and oxygen atoms in total. The Balaban J connectivity index is 5.57. The van der Waals surface area contributed by atoms with Crippen LogP contribution < -0.4 is 21.3 Å². The lowest BCUT2D eigenvalue weighted by molar-refractivity contribution is -0.152. The molecule has 7 N–H and O–H groups in total. The molecule has 0 aliphatic heterocycles. The Labute approximate surface area is 653 Å². The zero-order chi connectivity index (χ0) is 79.7. The van der Waals surface area contributed by atoms with Gasteiger partial charge in [0.15, 0.2) is 0 Å². The number of allylic oxidation sites excluding steroid dienone is 4. The summed E-state index contributed by atoms with van der Waals surface area (Å²) < 4.78 is 70.8. The van der Waals surface area contributed by atoms with Gasteiger partial charge in [-0.15, -0.1) is 0 Å². The Morgan fingerprint density at radius 3 is 1.16 bits per heavy atom. The molecular weight excluding hydrogens is 1420 g/mol. The number of unbranched alkanes of at least 4 members (excludes halogenated alkanes) is 30. The minimum atomic E-state index is -4.79. The minimum absolute atomic E-state index is 0.136. The van der Waals surface area contributed by atoms with Crippen molar-refractivity contribution in [2.75, 3.05) is 65.9 Å². The molecule has 0 aromatic heterocycles. The number of ketones is 1. The van der Waals surface area contributed by atoms with Gasteiger partial charge in [-0.2, -0.15) is 0 Å². The Bertz CT molecular complexity index is 2390. The first-order chi connectivity index (χ1) is 52.2. The van der Waals surface area contributed by atoms with Crippen molar-refractivity contribution < 1.29 is 94.6 Å². The maximum Gasteiger partial charge on any atom is 0.472 e. The van der Waals surface area contributed by atoms with E-state index in [0.29, 0.717) is 57.8 Å². The Hall–Kier alpha value is -3.93. The first-order valence-corrected chi connectivity index (χ1v) is 45.6. The van der Waals surface area contributed by atoms with Gasteiger partial charge in [0, 0.05) is 58.2 Å². The largest absolute Gasteiger partial charge is 0.472 e. The summed E-state index contributed by atoms with van der Waals surface area (Å²) in [5.41, 5.74) is 0. The van der Waals surface area contributed by atoms with E-state index in [9.17, 15) is 57.6 Å². The van der Waals surface area contributed by atoms with Gasteiger partial charge in [-0.05, 0) is 96.3 Å². The summed E-state index contributed by atoms with van der Waals surface area (Å²) in [5.74, 6) is -3.14. The monoisotopic (exact) mass is 1580 g/mol. The Morgan fingerprint density at radius 1 is 0.352 bits per heavy atom. The van der Waals surface area contributed by atoms with E-state index in [1.54, 1.807) is 0 Å². The molecule has 26 heteroatoms. The molecule has 632 valence electrons. The average Bonchev–Trinajstić information content (AvgIpc) is 0.911. The van der Waals surface area contributed by atoms with Crippen LogP contribution in [-0.2, 0) is 79.7 Å². The van der Waals surface area contributed by atoms with Gasteiger partial charge in [-0.3, -0.25) is 51.7 Å². The SMILES string of the molecule is CCCCCCC=CCCCC(=O)O[C@H](CCCCCCC)CCOCC(COP(=O)(O)OCCNC(=O)CCC(=O)NCCOP(=O)(O)OCC(COCC[C@H](O)CCCCCCC)NC(=O)C[C@@H](CCCCCCC)OC(=O)CCCC=CCCCCCC)NC(=O)CC(=O)CCCCCCCCCCC.